The van der Waals surface area contributed by atoms with E-state index in [0.29, 0.717) is 0 Å². The Morgan fingerprint density at radius 2 is 1.48 bits per heavy atom. The number of anilines is 1. The monoisotopic (exact) mass is 669 g/mol. The van der Waals surface area contributed by atoms with Gasteiger partial charge in [-0.25, -0.2) is 0 Å². The molecular formula is C49H39N3. The third kappa shape index (κ3) is 4.14. The molecule has 2 aromatic heterocycles. The van der Waals surface area contributed by atoms with Gasteiger partial charge in [-0.05, 0) is 73.7 Å². The lowest BCUT2D eigenvalue weighted by molar-refractivity contribution is 0.437. The van der Waals surface area contributed by atoms with Crippen LogP contribution in [0.15, 0.2) is 170 Å². The van der Waals surface area contributed by atoms with Crippen LogP contribution in [0.5, 0.6) is 0 Å². The minimum Gasteiger partial charge on any atom is -0.333 e. The standard InChI is InChI=1S/C49H39N3/c1-49(30-13-4-14-31-49)52-42-28-26-34(33-16-5-2-6-17-33)32-39(42)36-27-29-45-47(48(36)52)38-21-10-12-23-41(38)51(45)44-25-15-24-43-46(44)37-20-9-11-22-40(37)50(43)35-18-7-3-8-19-35/h2-14,16-23,25-30,32,38,41H,15,24,31H2,1H3. The van der Waals surface area contributed by atoms with Gasteiger partial charge in [0.15, 0.2) is 0 Å². The molecule has 1 aliphatic heterocycles. The van der Waals surface area contributed by atoms with Gasteiger partial charge in [0.1, 0.15) is 0 Å². The highest BCUT2D eigenvalue weighted by molar-refractivity contribution is 6.13. The molecule has 0 saturated carbocycles. The molecule has 3 aliphatic carbocycles. The molecule has 5 aromatic carbocycles. The Kier molecular flexibility index (Phi) is 6.40. The molecule has 3 atom stereocenters. The highest BCUT2D eigenvalue weighted by atomic mass is 15.2. The van der Waals surface area contributed by atoms with Gasteiger partial charge in [0, 0.05) is 61.5 Å². The van der Waals surface area contributed by atoms with Crippen molar-refractivity contribution in [3.8, 4) is 16.8 Å². The lowest BCUT2D eigenvalue weighted by atomic mass is 9.88. The van der Waals surface area contributed by atoms with E-state index in [9.17, 15) is 0 Å². The summed E-state index contributed by atoms with van der Waals surface area (Å²) in [6.07, 6.45) is 24.1. The van der Waals surface area contributed by atoms with E-state index in [-0.39, 0.29) is 17.5 Å². The van der Waals surface area contributed by atoms with E-state index in [2.05, 4.69) is 191 Å². The third-order valence-electron chi connectivity index (χ3n) is 12.0. The molecule has 3 heterocycles. The third-order valence-corrected chi connectivity index (χ3v) is 12.0. The number of fused-ring (bicyclic) bond motifs is 10. The summed E-state index contributed by atoms with van der Waals surface area (Å²) in [6.45, 7) is 2.41. The van der Waals surface area contributed by atoms with Crippen molar-refractivity contribution < 1.29 is 0 Å². The summed E-state index contributed by atoms with van der Waals surface area (Å²) in [7, 11) is 0. The van der Waals surface area contributed by atoms with Crippen LogP contribution < -0.4 is 4.90 Å². The first-order valence-corrected chi connectivity index (χ1v) is 18.7. The van der Waals surface area contributed by atoms with Crippen LogP contribution >= 0.6 is 0 Å². The first kappa shape index (κ1) is 29.6. The summed E-state index contributed by atoms with van der Waals surface area (Å²) >= 11 is 0. The van der Waals surface area contributed by atoms with Gasteiger partial charge in [0.05, 0.1) is 22.6 Å². The van der Waals surface area contributed by atoms with Gasteiger partial charge in [0.2, 0.25) is 0 Å². The van der Waals surface area contributed by atoms with E-state index in [1.165, 1.54) is 77.7 Å². The summed E-state index contributed by atoms with van der Waals surface area (Å²) in [5.41, 5.74) is 14.3. The molecule has 0 N–H and O–H groups in total. The molecule has 11 rings (SSSR count). The Bertz CT molecular complexity index is 2730. The van der Waals surface area contributed by atoms with Crippen LogP contribution in [0.25, 0.3) is 55.2 Å². The van der Waals surface area contributed by atoms with Crippen LogP contribution in [0.3, 0.4) is 0 Å². The summed E-state index contributed by atoms with van der Waals surface area (Å²) in [6, 6.07) is 42.9. The Morgan fingerprint density at radius 3 is 2.33 bits per heavy atom. The van der Waals surface area contributed by atoms with E-state index in [1.807, 2.05) is 0 Å². The van der Waals surface area contributed by atoms with Crippen LogP contribution in [0, 0.1) is 0 Å². The lowest BCUT2D eigenvalue weighted by Crippen LogP contribution is -2.32. The first-order valence-electron chi connectivity index (χ1n) is 18.7. The van der Waals surface area contributed by atoms with Crippen LogP contribution in [-0.4, -0.2) is 15.2 Å². The molecule has 0 amide bonds. The Balaban J connectivity index is 1.19. The molecule has 3 unspecified atom stereocenters. The predicted molar refractivity (Wildman–Crippen MR) is 218 cm³/mol. The van der Waals surface area contributed by atoms with Gasteiger partial charge in [-0.1, -0.05) is 134 Å². The molecule has 7 aromatic rings. The maximum atomic E-state index is 2.69. The second kappa shape index (κ2) is 11.2. The van der Waals surface area contributed by atoms with Crippen LogP contribution in [0.2, 0.25) is 0 Å². The first-order chi connectivity index (χ1) is 25.7. The van der Waals surface area contributed by atoms with Crippen LogP contribution in [0.4, 0.5) is 5.69 Å². The Hall–Kier alpha value is -6.06. The SMILES string of the molecule is CC1(n2c3ccc(-c4ccccc4)cc3c3ccc4c(c32)C2C=CC=CC2N4C2=CCCc3c2c2ccccc2n3-c2ccccc2)C=CC=CC1. The van der Waals surface area contributed by atoms with Crippen molar-refractivity contribution in [2.75, 3.05) is 4.90 Å². The van der Waals surface area contributed by atoms with E-state index in [1.54, 1.807) is 0 Å². The minimum atomic E-state index is -0.199. The molecule has 3 heteroatoms. The van der Waals surface area contributed by atoms with Crippen LogP contribution in [-0.2, 0) is 12.0 Å². The summed E-state index contributed by atoms with van der Waals surface area (Å²) in [5.74, 6) is 0.223. The lowest BCUT2D eigenvalue weighted by Gasteiger charge is -2.33. The highest BCUT2D eigenvalue weighted by Gasteiger charge is 2.43. The van der Waals surface area contributed by atoms with Gasteiger partial charge >= 0.3 is 0 Å². The predicted octanol–water partition coefficient (Wildman–Crippen LogP) is 12.0. The number of hydrogen-bond donors (Lipinski definition) is 0. The van der Waals surface area contributed by atoms with E-state index >= 15 is 0 Å². The number of rotatable bonds is 4. The zero-order chi connectivity index (χ0) is 34.4. The molecule has 0 fully saturated rings. The Labute approximate surface area is 304 Å². The molecule has 0 radical (unpaired) electrons. The van der Waals surface area contributed by atoms with Crippen molar-refractivity contribution in [1.29, 1.82) is 0 Å². The van der Waals surface area contributed by atoms with Crippen molar-refractivity contribution in [1.82, 2.24) is 9.13 Å². The van der Waals surface area contributed by atoms with E-state index in [4.69, 9.17) is 0 Å². The van der Waals surface area contributed by atoms with Gasteiger partial charge in [-0.2, -0.15) is 0 Å². The molecule has 250 valence electrons. The number of benzene rings is 5. The molecule has 3 nitrogen and oxygen atoms in total. The van der Waals surface area contributed by atoms with Crippen LogP contribution in [0.1, 0.15) is 42.5 Å². The van der Waals surface area contributed by atoms with Gasteiger partial charge in [-0.3, -0.25) is 0 Å². The summed E-state index contributed by atoms with van der Waals surface area (Å²) in [5, 5.41) is 3.97. The average molecular weight is 670 g/mol. The highest BCUT2D eigenvalue weighted by Crippen LogP contribution is 2.54. The minimum absolute atomic E-state index is 0.183. The van der Waals surface area contributed by atoms with Gasteiger partial charge < -0.3 is 14.0 Å². The second-order valence-corrected chi connectivity index (χ2v) is 15.0. The van der Waals surface area contributed by atoms with Crippen molar-refractivity contribution in [3.05, 3.63) is 187 Å². The maximum Gasteiger partial charge on any atom is 0.0643 e. The molecule has 0 bridgehead atoms. The van der Waals surface area contributed by atoms with E-state index < -0.39 is 0 Å². The quantitative estimate of drug-likeness (QED) is 0.182. The second-order valence-electron chi connectivity index (χ2n) is 15.0. The van der Waals surface area contributed by atoms with Gasteiger partial charge in [0.25, 0.3) is 0 Å². The van der Waals surface area contributed by atoms with Crippen molar-refractivity contribution in [2.24, 2.45) is 0 Å². The van der Waals surface area contributed by atoms with Crippen molar-refractivity contribution in [2.45, 2.75) is 43.7 Å². The number of nitrogens with zero attached hydrogens (tertiary/aromatic N) is 3. The molecule has 0 spiro atoms. The number of allylic oxidation sites excluding steroid dienone is 7. The zero-order valence-electron chi connectivity index (χ0n) is 29.3. The summed E-state index contributed by atoms with van der Waals surface area (Å²) in [4.78, 5) is 2.69. The maximum absolute atomic E-state index is 2.69. The molecular weight excluding hydrogens is 631 g/mol. The Morgan fingerprint density at radius 1 is 0.673 bits per heavy atom. The number of hydrogen-bond acceptors (Lipinski definition) is 1. The fraction of sp³-hybridized carbons (Fsp3) is 0.143. The van der Waals surface area contributed by atoms with E-state index in [0.717, 1.165) is 19.3 Å². The van der Waals surface area contributed by atoms with Gasteiger partial charge in [-0.15, -0.1) is 0 Å². The van der Waals surface area contributed by atoms with Crippen molar-refractivity contribution in [3.63, 3.8) is 0 Å². The van der Waals surface area contributed by atoms with Crippen molar-refractivity contribution >= 4 is 44.1 Å². The molecule has 52 heavy (non-hydrogen) atoms. The fourth-order valence-corrected chi connectivity index (χ4v) is 9.80. The topological polar surface area (TPSA) is 13.1 Å². The largest absolute Gasteiger partial charge is 0.333 e. The fourth-order valence-electron chi connectivity index (χ4n) is 9.80. The zero-order valence-corrected chi connectivity index (χ0v) is 29.3. The normalized spacial score (nSPS) is 21.6. The molecule has 4 aliphatic rings. The smallest absolute Gasteiger partial charge is 0.0643 e. The molecule has 0 saturated heterocycles. The number of para-hydroxylation sites is 2. The average Bonchev–Trinajstić information content (AvgIpc) is 3.84. The number of aromatic nitrogens is 2. The summed E-state index contributed by atoms with van der Waals surface area (Å²) < 4.78 is 5.19.